The number of hydrogen-bond acceptors (Lipinski definition) is 4. The van der Waals surface area contributed by atoms with Crippen molar-refractivity contribution in [2.45, 2.75) is 12.6 Å². The third-order valence-corrected chi connectivity index (χ3v) is 3.65. The lowest BCUT2D eigenvalue weighted by Gasteiger charge is -2.24. The minimum absolute atomic E-state index is 0.0225. The fraction of sp³-hybridized carbons (Fsp3) is 0.429. The van der Waals surface area contributed by atoms with Crippen molar-refractivity contribution >= 4 is 11.8 Å². The minimum atomic E-state index is -0.494. The maximum Gasteiger partial charge on any atom is 0.254 e. The standard InChI is InChI=1S/C14H17N3O3/c15-13(18)8-17-7-10-5-9(1-2-11(10)14(17)19)12-6-16-3-4-20-12/h1-2,5,12,16H,3-4,6-8H2,(H2,15,18)/t12-/m0/s1. The van der Waals surface area contributed by atoms with Crippen LogP contribution in [0.1, 0.15) is 27.6 Å². The summed E-state index contributed by atoms with van der Waals surface area (Å²) in [4.78, 5) is 24.5. The highest BCUT2D eigenvalue weighted by Gasteiger charge is 2.29. The van der Waals surface area contributed by atoms with Gasteiger partial charge in [0.05, 0.1) is 19.3 Å². The minimum Gasteiger partial charge on any atom is -0.371 e. The van der Waals surface area contributed by atoms with Crippen LogP contribution in [-0.2, 0) is 16.1 Å². The molecule has 0 bridgehead atoms. The first-order valence-electron chi connectivity index (χ1n) is 6.68. The molecular weight excluding hydrogens is 258 g/mol. The number of fused-ring (bicyclic) bond motifs is 1. The first kappa shape index (κ1) is 13.1. The largest absolute Gasteiger partial charge is 0.371 e. The average molecular weight is 275 g/mol. The first-order valence-corrected chi connectivity index (χ1v) is 6.68. The second kappa shape index (κ2) is 5.22. The first-order chi connectivity index (χ1) is 9.65. The molecule has 0 aromatic heterocycles. The van der Waals surface area contributed by atoms with Crippen LogP contribution in [0, 0.1) is 0 Å². The Morgan fingerprint density at radius 3 is 3.05 bits per heavy atom. The lowest BCUT2D eigenvalue weighted by Crippen LogP contribution is -2.33. The molecule has 20 heavy (non-hydrogen) atoms. The number of morpholine rings is 1. The second-order valence-corrected chi connectivity index (χ2v) is 5.11. The van der Waals surface area contributed by atoms with Gasteiger partial charge in [0.1, 0.15) is 0 Å². The number of rotatable bonds is 3. The van der Waals surface area contributed by atoms with Gasteiger partial charge in [0, 0.05) is 25.2 Å². The highest BCUT2D eigenvalue weighted by Crippen LogP contribution is 2.27. The Balaban J connectivity index is 1.81. The molecule has 1 aromatic rings. The summed E-state index contributed by atoms with van der Waals surface area (Å²) in [6.07, 6.45) is 0.0225. The van der Waals surface area contributed by atoms with Crippen LogP contribution in [0.25, 0.3) is 0 Å². The Morgan fingerprint density at radius 1 is 1.50 bits per heavy atom. The van der Waals surface area contributed by atoms with Crippen LogP contribution in [0.2, 0.25) is 0 Å². The van der Waals surface area contributed by atoms with Crippen LogP contribution in [0.5, 0.6) is 0 Å². The Labute approximate surface area is 116 Å². The number of carbonyl (C=O) groups excluding carboxylic acids is 2. The molecule has 2 aliphatic rings. The molecule has 106 valence electrons. The molecule has 1 atom stereocenters. The fourth-order valence-corrected chi connectivity index (χ4v) is 2.70. The van der Waals surface area contributed by atoms with Gasteiger partial charge in [-0.05, 0) is 17.2 Å². The maximum atomic E-state index is 12.1. The molecule has 6 nitrogen and oxygen atoms in total. The maximum absolute atomic E-state index is 12.1. The number of nitrogens with zero attached hydrogens (tertiary/aromatic N) is 1. The summed E-state index contributed by atoms with van der Waals surface area (Å²) in [6.45, 7) is 2.73. The molecule has 3 N–H and O–H groups in total. The van der Waals surface area contributed by atoms with Gasteiger partial charge in [-0.15, -0.1) is 0 Å². The van der Waals surface area contributed by atoms with E-state index in [1.54, 1.807) is 0 Å². The summed E-state index contributed by atoms with van der Waals surface area (Å²) in [5.74, 6) is -0.626. The van der Waals surface area contributed by atoms with E-state index >= 15 is 0 Å². The van der Waals surface area contributed by atoms with Gasteiger partial charge in [-0.3, -0.25) is 9.59 Å². The van der Waals surface area contributed by atoms with Gasteiger partial charge < -0.3 is 20.7 Å². The smallest absolute Gasteiger partial charge is 0.254 e. The molecular formula is C14H17N3O3. The topological polar surface area (TPSA) is 84.7 Å². The summed E-state index contributed by atoms with van der Waals surface area (Å²) >= 11 is 0. The Hall–Kier alpha value is -1.92. The third kappa shape index (κ3) is 2.39. The molecule has 0 saturated carbocycles. The van der Waals surface area contributed by atoms with E-state index < -0.39 is 5.91 Å². The van der Waals surface area contributed by atoms with Gasteiger partial charge in [0.15, 0.2) is 0 Å². The Kier molecular flexibility index (Phi) is 3.42. The SMILES string of the molecule is NC(=O)CN1Cc2cc([C@@H]3CNCCO3)ccc2C1=O. The molecule has 3 rings (SSSR count). The second-order valence-electron chi connectivity index (χ2n) is 5.11. The average Bonchev–Trinajstić information content (AvgIpc) is 2.75. The van der Waals surface area contributed by atoms with Gasteiger partial charge in [-0.2, -0.15) is 0 Å². The van der Waals surface area contributed by atoms with E-state index in [4.69, 9.17) is 10.5 Å². The lowest BCUT2D eigenvalue weighted by molar-refractivity contribution is -0.118. The van der Waals surface area contributed by atoms with Gasteiger partial charge >= 0.3 is 0 Å². The van der Waals surface area contributed by atoms with Crippen molar-refractivity contribution in [2.75, 3.05) is 26.2 Å². The summed E-state index contributed by atoms with van der Waals surface area (Å²) in [5, 5.41) is 3.28. The van der Waals surface area contributed by atoms with Gasteiger partial charge in [-0.1, -0.05) is 12.1 Å². The van der Waals surface area contributed by atoms with Gasteiger partial charge in [-0.25, -0.2) is 0 Å². The summed E-state index contributed by atoms with van der Waals surface area (Å²) < 4.78 is 5.71. The number of amides is 2. The summed E-state index contributed by atoms with van der Waals surface area (Å²) in [7, 11) is 0. The Morgan fingerprint density at radius 2 is 2.35 bits per heavy atom. The molecule has 1 aromatic carbocycles. The van der Waals surface area contributed by atoms with E-state index in [2.05, 4.69) is 5.32 Å². The molecule has 1 fully saturated rings. The molecule has 0 radical (unpaired) electrons. The van der Waals surface area contributed by atoms with Crippen LogP contribution in [0.4, 0.5) is 0 Å². The molecule has 6 heteroatoms. The number of carbonyl (C=O) groups is 2. The van der Waals surface area contributed by atoms with Gasteiger partial charge in [0.2, 0.25) is 5.91 Å². The monoisotopic (exact) mass is 275 g/mol. The van der Waals surface area contributed by atoms with Crippen LogP contribution in [-0.4, -0.2) is 43.0 Å². The molecule has 2 amide bonds. The van der Waals surface area contributed by atoms with Gasteiger partial charge in [0.25, 0.3) is 5.91 Å². The quantitative estimate of drug-likeness (QED) is 0.799. The Bertz CT molecular complexity index is 553. The number of ether oxygens (including phenoxy) is 1. The predicted octanol–water partition coefficient (Wildman–Crippen LogP) is -0.211. The number of nitrogens with one attached hydrogen (secondary N) is 1. The van der Waals surface area contributed by atoms with Crippen LogP contribution in [0.3, 0.4) is 0 Å². The van der Waals surface area contributed by atoms with E-state index in [0.717, 1.165) is 24.2 Å². The van der Waals surface area contributed by atoms with E-state index in [9.17, 15) is 9.59 Å². The van der Waals surface area contributed by atoms with E-state index in [0.29, 0.717) is 18.7 Å². The zero-order valence-corrected chi connectivity index (χ0v) is 11.1. The zero-order chi connectivity index (χ0) is 14.1. The number of benzene rings is 1. The van der Waals surface area contributed by atoms with Crippen LogP contribution < -0.4 is 11.1 Å². The lowest BCUT2D eigenvalue weighted by atomic mass is 10.0. The number of primary amides is 1. The van der Waals surface area contributed by atoms with Crippen molar-refractivity contribution in [3.8, 4) is 0 Å². The van der Waals surface area contributed by atoms with Crippen molar-refractivity contribution < 1.29 is 14.3 Å². The van der Waals surface area contributed by atoms with Crippen molar-refractivity contribution in [2.24, 2.45) is 5.73 Å². The molecule has 0 spiro atoms. The van der Waals surface area contributed by atoms with Crippen molar-refractivity contribution in [3.63, 3.8) is 0 Å². The summed E-state index contributed by atoms with van der Waals surface area (Å²) in [5.41, 5.74) is 7.80. The summed E-state index contributed by atoms with van der Waals surface area (Å²) in [6, 6.07) is 5.72. The third-order valence-electron chi connectivity index (χ3n) is 3.65. The molecule has 0 aliphatic carbocycles. The van der Waals surface area contributed by atoms with E-state index in [1.807, 2.05) is 18.2 Å². The van der Waals surface area contributed by atoms with Crippen LogP contribution >= 0.6 is 0 Å². The van der Waals surface area contributed by atoms with Crippen molar-refractivity contribution in [3.05, 3.63) is 34.9 Å². The zero-order valence-electron chi connectivity index (χ0n) is 11.1. The van der Waals surface area contributed by atoms with Crippen LogP contribution in [0.15, 0.2) is 18.2 Å². The fourth-order valence-electron chi connectivity index (χ4n) is 2.70. The number of nitrogens with two attached hydrogens (primary N) is 1. The number of hydrogen-bond donors (Lipinski definition) is 2. The van der Waals surface area contributed by atoms with E-state index in [1.165, 1.54) is 4.90 Å². The van der Waals surface area contributed by atoms with E-state index in [-0.39, 0.29) is 18.6 Å². The predicted molar refractivity (Wildman–Crippen MR) is 71.9 cm³/mol. The normalized spacial score (nSPS) is 21.9. The highest BCUT2D eigenvalue weighted by atomic mass is 16.5. The molecule has 2 heterocycles. The molecule has 0 unspecified atom stereocenters. The highest BCUT2D eigenvalue weighted by molar-refractivity contribution is 6.00. The van der Waals surface area contributed by atoms with Crippen molar-refractivity contribution in [1.82, 2.24) is 10.2 Å². The molecule has 2 aliphatic heterocycles. The van der Waals surface area contributed by atoms with Crippen molar-refractivity contribution in [1.29, 1.82) is 0 Å². The molecule has 1 saturated heterocycles.